The normalized spacial score (nSPS) is 10.9. The lowest BCUT2D eigenvalue weighted by Crippen LogP contribution is -2.15. The highest BCUT2D eigenvalue weighted by Crippen LogP contribution is 2.26. The van der Waals surface area contributed by atoms with Gasteiger partial charge in [0.05, 0.1) is 11.4 Å². The van der Waals surface area contributed by atoms with E-state index < -0.39 is 0 Å². The fourth-order valence-electron chi connectivity index (χ4n) is 2.59. The maximum atomic E-state index is 12.3. The monoisotopic (exact) mass is 410 g/mol. The van der Waals surface area contributed by atoms with Crippen molar-refractivity contribution in [2.45, 2.75) is 19.0 Å². The van der Waals surface area contributed by atoms with Crippen molar-refractivity contribution in [2.24, 2.45) is 0 Å². The average Bonchev–Trinajstić information content (AvgIpc) is 3.43. The summed E-state index contributed by atoms with van der Waals surface area (Å²) in [5, 5.41) is 14.0. The van der Waals surface area contributed by atoms with Gasteiger partial charge in [0.1, 0.15) is 6.33 Å². The third-order valence-corrected chi connectivity index (χ3v) is 5.91. The van der Waals surface area contributed by atoms with Crippen molar-refractivity contribution in [3.8, 4) is 11.3 Å². The minimum atomic E-state index is -0.131. The van der Waals surface area contributed by atoms with Crippen LogP contribution in [0.2, 0.25) is 0 Å². The minimum Gasteiger partial charge on any atom is -0.301 e. The summed E-state index contributed by atoms with van der Waals surface area (Å²) < 4.78 is 3.62. The van der Waals surface area contributed by atoms with E-state index in [0.29, 0.717) is 10.3 Å². The Kier molecular flexibility index (Phi) is 5.27. The predicted octanol–water partition coefficient (Wildman–Crippen LogP) is 3.86. The van der Waals surface area contributed by atoms with Gasteiger partial charge in [-0.2, -0.15) is 0 Å². The molecule has 4 rings (SSSR count). The van der Waals surface area contributed by atoms with Gasteiger partial charge < -0.3 is 5.32 Å². The largest absolute Gasteiger partial charge is 0.301 e. The fourth-order valence-corrected chi connectivity index (χ4v) is 4.04. The Morgan fingerprint density at radius 2 is 2.04 bits per heavy atom. The molecule has 4 aromatic rings. The van der Waals surface area contributed by atoms with Gasteiger partial charge in [-0.05, 0) is 43.2 Å². The van der Waals surface area contributed by atoms with Crippen LogP contribution in [0.15, 0.2) is 59.6 Å². The van der Waals surface area contributed by atoms with Crippen LogP contribution in [0.1, 0.15) is 11.1 Å². The molecule has 1 N–H and O–H groups in total. The van der Waals surface area contributed by atoms with Crippen molar-refractivity contribution in [1.82, 2.24) is 24.5 Å². The zero-order valence-electron chi connectivity index (χ0n) is 15.4. The van der Waals surface area contributed by atoms with Gasteiger partial charge in [-0.1, -0.05) is 23.9 Å². The number of carbonyl (C=O) groups is 1. The number of hydrogen-bond donors (Lipinski definition) is 1. The molecular formula is C19H18N6OS2. The van der Waals surface area contributed by atoms with Gasteiger partial charge in [-0.25, -0.2) is 9.66 Å². The SMILES string of the molecule is Cc1ccc(-c2csc(NC(=O)CSc3nncn3-n3cccc3)n2)cc1C. The molecule has 0 fully saturated rings. The third-order valence-electron chi connectivity index (χ3n) is 4.22. The van der Waals surface area contributed by atoms with E-state index >= 15 is 0 Å². The predicted molar refractivity (Wildman–Crippen MR) is 112 cm³/mol. The molecule has 7 nitrogen and oxygen atoms in total. The number of amides is 1. The Balaban J connectivity index is 1.38. The molecule has 0 unspecified atom stereocenters. The molecule has 0 aliphatic carbocycles. The molecule has 3 aromatic heterocycles. The first-order valence-electron chi connectivity index (χ1n) is 8.59. The molecule has 1 aromatic carbocycles. The van der Waals surface area contributed by atoms with E-state index in [9.17, 15) is 4.79 Å². The summed E-state index contributed by atoms with van der Waals surface area (Å²) in [6.45, 7) is 4.16. The Morgan fingerprint density at radius 1 is 1.21 bits per heavy atom. The van der Waals surface area contributed by atoms with Crippen LogP contribution in [0.4, 0.5) is 5.13 Å². The lowest BCUT2D eigenvalue weighted by atomic mass is 10.1. The van der Waals surface area contributed by atoms with E-state index in [1.165, 1.54) is 34.2 Å². The second kappa shape index (κ2) is 7.99. The van der Waals surface area contributed by atoms with Gasteiger partial charge in [0, 0.05) is 23.3 Å². The smallest absolute Gasteiger partial charge is 0.236 e. The molecule has 142 valence electrons. The van der Waals surface area contributed by atoms with Crippen molar-refractivity contribution < 1.29 is 4.79 Å². The van der Waals surface area contributed by atoms with E-state index in [4.69, 9.17) is 0 Å². The molecule has 28 heavy (non-hydrogen) atoms. The van der Waals surface area contributed by atoms with Crippen LogP contribution < -0.4 is 5.32 Å². The number of thioether (sulfide) groups is 1. The molecule has 9 heteroatoms. The van der Waals surface area contributed by atoms with Crippen LogP contribution in [0.25, 0.3) is 11.3 Å². The van der Waals surface area contributed by atoms with Gasteiger partial charge in [0.15, 0.2) is 5.13 Å². The Hall–Kier alpha value is -2.91. The topological polar surface area (TPSA) is 77.6 Å². The number of aromatic nitrogens is 5. The molecule has 0 aliphatic heterocycles. The molecule has 0 saturated heterocycles. The van der Waals surface area contributed by atoms with Crippen LogP contribution in [0, 0.1) is 13.8 Å². The number of hydrogen-bond acceptors (Lipinski definition) is 6. The molecular weight excluding hydrogens is 392 g/mol. The van der Waals surface area contributed by atoms with Crippen molar-refractivity contribution >= 4 is 34.1 Å². The van der Waals surface area contributed by atoms with Gasteiger partial charge in [-0.3, -0.25) is 9.47 Å². The summed E-state index contributed by atoms with van der Waals surface area (Å²) >= 11 is 2.74. The summed E-state index contributed by atoms with van der Waals surface area (Å²) in [5.74, 6) is 0.0893. The number of rotatable bonds is 6. The van der Waals surface area contributed by atoms with Crippen LogP contribution in [-0.2, 0) is 4.79 Å². The number of thiazole rings is 1. The van der Waals surface area contributed by atoms with Crippen molar-refractivity contribution in [3.05, 3.63) is 65.6 Å². The summed E-state index contributed by atoms with van der Waals surface area (Å²) in [5.41, 5.74) is 4.38. The molecule has 0 saturated carbocycles. The molecule has 0 aliphatic rings. The molecule has 0 bridgehead atoms. The van der Waals surface area contributed by atoms with Gasteiger partial charge in [-0.15, -0.1) is 21.5 Å². The quantitative estimate of drug-likeness (QED) is 0.488. The van der Waals surface area contributed by atoms with Crippen LogP contribution in [0.3, 0.4) is 0 Å². The van der Waals surface area contributed by atoms with E-state index in [1.54, 1.807) is 11.0 Å². The molecule has 0 spiro atoms. The number of nitrogens with one attached hydrogen (secondary N) is 1. The maximum Gasteiger partial charge on any atom is 0.236 e. The zero-order valence-corrected chi connectivity index (χ0v) is 17.0. The second-order valence-corrected chi connectivity index (χ2v) is 8.00. The van der Waals surface area contributed by atoms with Crippen molar-refractivity contribution in [1.29, 1.82) is 0 Å². The first kappa shape index (κ1) is 18.5. The molecule has 3 heterocycles. The first-order valence-corrected chi connectivity index (χ1v) is 10.5. The number of benzene rings is 1. The molecule has 0 radical (unpaired) electrons. The van der Waals surface area contributed by atoms with E-state index in [2.05, 4.69) is 46.5 Å². The van der Waals surface area contributed by atoms with Crippen LogP contribution in [0.5, 0.6) is 0 Å². The van der Waals surface area contributed by atoms with E-state index in [-0.39, 0.29) is 11.7 Å². The van der Waals surface area contributed by atoms with E-state index in [0.717, 1.165) is 11.3 Å². The number of aryl methyl sites for hydroxylation is 2. The number of nitrogens with zero attached hydrogens (tertiary/aromatic N) is 5. The standard InChI is InChI=1S/C19H18N6OS2/c1-13-5-6-15(9-14(13)2)16-10-27-18(21-16)22-17(26)11-28-19-23-20-12-25(19)24-7-3-4-8-24/h3-10,12H,11H2,1-2H3,(H,21,22,26). The van der Waals surface area contributed by atoms with Crippen LogP contribution >= 0.6 is 23.1 Å². The summed E-state index contributed by atoms with van der Waals surface area (Å²) in [6.07, 6.45) is 5.38. The molecule has 1 amide bonds. The highest BCUT2D eigenvalue weighted by atomic mass is 32.2. The van der Waals surface area contributed by atoms with Crippen molar-refractivity contribution in [2.75, 3.05) is 11.1 Å². The van der Waals surface area contributed by atoms with E-state index in [1.807, 2.05) is 40.6 Å². The Bertz CT molecular complexity index is 1100. The average molecular weight is 411 g/mol. The number of anilines is 1. The van der Waals surface area contributed by atoms with Gasteiger partial charge >= 0.3 is 0 Å². The first-order chi connectivity index (χ1) is 13.6. The summed E-state index contributed by atoms with van der Waals surface area (Å²) in [7, 11) is 0. The maximum absolute atomic E-state index is 12.3. The highest BCUT2D eigenvalue weighted by Gasteiger charge is 2.12. The minimum absolute atomic E-state index is 0.131. The summed E-state index contributed by atoms with van der Waals surface area (Å²) in [4.78, 5) is 16.9. The summed E-state index contributed by atoms with van der Waals surface area (Å²) in [6, 6.07) is 10.1. The lowest BCUT2D eigenvalue weighted by Gasteiger charge is -2.06. The van der Waals surface area contributed by atoms with Crippen molar-refractivity contribution in [3.63, 3.8) is 0 Å². The Labute approximate surface area is 170 Å². The zero-order chi connectivity index (χ0) is 19.5. The fraction of sp³-hybridized carbons (Fsp3) is 0.158. The molecule has 0 atom stereocenters. The highest BCUT2D eigenvalue weighted by molar-refractivity contribution is 7.99. The second-order valence-electron chi connectivity index (χ2n) is 6.19. The van der Waals surface area contributed by atoms with Crippen LogP contribution in [-0.4, -0.2) is 36.2 Å². The van der Waals surface area contributed by atoms with Gasteiger partial charge in [0.25, 0.3) is 0 Å². The third kappa shape index (κ3) is 4.00. The number of carbonyl (C=O) groups excluding carboxylic acids is 1. The van der Waals surface area contributed by atoms with Gasteiger partial charge in [0.2, 0.25) is 11.1 Å². The Morgan fingerprint density at radius 3 is 2.82 bits per heavy atom. The lowest BCUT2D eigenvalue weighted by molar-refractivity contribution is -0.113.